The number of rotatable bonds is 8. The van der Waals surface area contributed by atoms with E-state index in [2.05, 4.69) is 0 Å². The van der Waals surface area contributed by atoms with E-state index in [-0.39, 0.29) is 4.90 Å². The monoisotopic (exact) mass is 321 g/mol. The third-order valence-electron chi connectivity index (χ3n) is 1.83. The Bertz CT molecular complexity index is 413. The van der Waals surface area contributed by atoms with E-state index in [9.17, 15) is 18.7 Å². The third-order valence-corrected chi connectivity index (χ3v) is 3.29. The lowest BCUT2D eigenvalue weighted by Gasteiger charge is -2.27. The molecule has 0 amide bonds. The molecule has 0 aliphatic heterocycles. The zero-order valence-corrected chi connectivity index (χ0v) is 11.1. The van der Waals surface area contributed by atoms with Crippen molar-refractivity contribution < 1.29 is 48.5 Å². The van der Waals surface area contributed by atoms with Gasteiger partial charge in [0.25, 0.3) is 0 Å². The lowest BCUT2D eigenvalue weighted by molar-refractivity contribution is -0.149. The Morgan fingerprint density at radius 2 is 1.32 bits per heavy atom. The molecular weight excluding hydrogens is 308 g/mol. The van der Waals surface area contributed by atoms with Gasteiger partial charge in [-0.2, -0.15) is 0 Å². The first kappa shape index (κ1) is 18.2. The average molecular weight is 321 g/mol. The van der Waals surface area contributed by atoms with Gasteiger partial charge in [0.2, 0.25) is 0 Å². The lowest BCUT2D eigenvalue weighted by atomic mass is 10.2. The number of hydrogen-bond acceptors (Lipinski definition) is 5. The summed E-state index contributed by atoms with van der Waals surface area (Å²) in [7, 11) is -9.64. The van der Waals surface area contributed by atoms with Crippen LogP contribution in [-0.4, -0.2) is 65.2 Å². The molecular formula is C6H13NO10P2. The summed E-state index contributed by atoms with van der Waals surface area (Å²) in [5.74, 6) is -3.35. The fraction of sp³-hybridized carbons (Fsp3) is 0.667. The lowest BCUT2D eigenvalue weighted by Crippen LogP contribution is -2.43. The maximum atomic E-state index is 10.8. The topological polar surface area (TPSA) is 193 Å². The number of hydrogen-bond donors (Lipinski definition) is 6. The molecule has 0 aromatic carbocycles. The number of nitrogens with zero attached hydrogens (tertiary/aromatic N) is 1. The summed E-state index contributed by atoms with van der Waals surface area (Å²) in [6.07, 6.45) is -3.61. The van der Waals surface area contributed by atoms with Crippen molar-refractivity contribution in [2.45, 2.75) is 12.5 Å². The predicted octanol–water partition coefficient (Wildman–Crippen LogP) is -1.51. The summed E-state index contributed by atoms with van der Waals surface area (Å²) >= 11 is 0. The first-order chi connectivity index (χ1) is 8.32. The molecule has 112 valence electrons. The molecule has 0 bridgehead atoms. The van der Waals surface area contributed by atoms with Crippen molar-refractivity contribution in [2.75, 3.05) is 12.6 Å². The van der Waals surface area contributed by atoms with Crippen molar-refractivity contribution >= 4 is 27.1 Å². The summed E-state index contributed by atoms with van der Waals surface area (Å²) in [4.78, 5) is 56.5. The highest BCUT2D eigenvalue weighted by molar-refractivity contribution is 7.52. The van der Waals surface area contributed by atoms with Gasteiger partial charge in [0.05, 0.1) is 6.42 Å². The molecule has 0 aromatic rings. The quantitative estimate of drug-likeness (QED) is 0.284. The van der Waals surface area contributed by atoms with Gasteiger partial charge >= 0.3 is 27.1 Å². The fourth-order valence-corrected chi connectivity index (χ4v) is 2.95. The second kappa shape index (κ2) is 6.58. The molecule has 0 rings (SSSR count). The van der Waals surface area contributed by atoms with Crippen LogP contribution in [0.1, 0.15) is 6.42 Å². The molecule has 0 aliphatic carbocycles. The van der Waals surface area contributed by atoms with Crippen molar-refractivity contribution in [1.29, 1.82) is 0 Å². The van der Waals surface area contributed by atoms with Crippen molar-refractivity contribution in [3.63, 3.8) is 0 Å². The van der Waals surface area contributed by atoms with Gasteiger partial charge in [0, 0.05) is 0 Å². The number of carboxylic acid groups (broad SMARTS) is 2. The largest absolute Gasteiger partial charge is 0.481 e. The van der Waals surface area contributed by atoms with Crippen molar-refractivity contribution in [3.8, 4) is 0 Å². The first-order valence-electron chi connectivity index (χ1n) is 4.59. The third kappa shape index (κ3) is 8.84. The van der Waals surface area contributed by atoms with Crippen LogP contribution in [0.4, 0.5) is 0 Å². The number of carbonyl (C=O) groups is 2. The molecule has 0 heterocycles. The van der Waals surface area contributed by atoms with E-state index in [1.165, 1.54) is 0 Å². The SMILES string of the molecule is O=C(O)C[C@@H](C(=O)O)N(CP(=O)(O)O)CP(=O)(O)O. The van der Waals surface area contributed by atoms with Gasteiger partial charge in [-0.25, -0.2) is 0 Å². The molecule has 19 heavy (non-hydrogen) atoms. The van der Waals surface area contributed by atoms with E-state index < -0.39 is 52.2 Å². The number of aliphatic carboxylic acids is 2. The predicted molar refractivity (Wildman–Crippen MR) is 59.3 cm³/mol. The zero-order chi connectivity index (χ0) is 15.4. The van der Waals surface area contributed by atoms with Crippen LogP contribution in [0.15, 0.2) is 0 Å². The van der Waals surface area contributed by atoms with E-state index in [1.54, 1.807) is 0 Å². The molecule has 0 spiro atoms. The first-order valence-corrected chi connectivity index (χ1v) is 8.19. The Hall–Kier alpha value is -0.800. The van der Waals surface area contributed by atoms with Crippen LogP contribution < -0.4 is 0 Å². The van der Waals surface area contributed by atoms with E-state index in [4.69, 9.17) is 29.8 Å². The minimum Gasteiger partial charge on any atom is -0.481 e. The van der Waals surface area contributed by atoms with E-state index in [0.717, 1.165) is 0 Å². The Labute approximate surface area is 106 Å². The van der Waals surface area contributed by atoms with Gasteiger partial charge in [-0.15, -0.1) is 0 Å². The molecule has 6 N–H and O–H groups in total. The van der Waals surface area contributed by atoms with Crippen LogP contribution in [0.25, 0.3) is 0 Å². The summed E-state index contributed by atoms with van der Waals surface area (Å²) in [6, 6.07) is -1.96. The van der Waals surface area contributed by atoms with Gasteiger partial charge in [-0.05, 0) is 0 Å². The van der Waals surface area contributed by atoms with E-state index in [1.807, 2.05) is 0 Å². The average Bonchev–Trinajstić information content (AvgIpc) is 2.07. The summed E-state index contributed by atoms with van der Waals surface area (Å²) < 4.78 is 21.6. The van der Waals surface area contributed by atoms with Crippen molar-refractivity contribution in [3.05, 3.63) is 0 Å². The van der Waals surface area contributed by atoms with Gasteiger partial charge in [0.1, 0.15) is 18.6 Å². The van der Waals surface area contributed by atoms with Gasteiger partial charge < -0.3 is 29.8 Å². The minimum atomic E-state index is -4.82. The van der Waals surface area contributed by atoms with E-state index in [0.29, 0.717) is 0 Å². The highest BCUT2D eigenvalue weighted by Gasteiger charge is 2.36. The molecule has 13 heteroatoms. The maximum absolute atomic E-state index is 10.8. The summed E-state index contributed by atoms with van der Waals surface area (Å²) in [5.41, 5.74) is 0. The van der Waals surface area contributed by atoms with Crippen LogP contribution >= 0.6 is 15.2 Å². The highest BCUT2D eigenvalue weighted by atomic mass is 31.2. The highest BCUT2D eigenvalue weighted by Crippen LogP contribution is 2.41. The molecule has 0 saturated carbocycles. The molecule has 1 atom stereocenters. The fourth-order valence-electron chi connectivity index (χ4n) is 1.25. The Morgan fingerprint density at radius 1 is 0.947 bits per heavy atom. The molecule has 0 aliphatic rings. The van der Waals surface area contributed by atoms with Crippen LogP contribution in [0.3, 0.4) is 0 Å². The Morgan fingerprint density at radius 3 is 1.53 bits per heavy atom. The Balaban J connectivity index is 5.27. The van der Waals surface area contributed by atoms with Crippen LogP contribution in [-0.2, 0) is 18.7 Å². The molecule has 0 radical (unpaired) electrons. The van der Waals surface area contributed by atoms with Crippen molar-refractivity contribution in [1.82, 2.24) is 4.90 Å². The van der Waals surface area contributed by atoms with Crippen LogP contribution in [0.2, 0.25) is 0 Å². The molecule has 0 aromatic heterocycles. The minimum absolute atomic E-state index is 0.248. The van der Waals surface area contributed by atoms with Crippen molar-refractivity contribution in [2.24, 2.45) is 0 Å². The van der Waals surface area contributed by atoms with Gasteiger partial charge in [0.15, 0.2) is 0 Å². The van der Waals surface area contributed by atoms with Gasteiger partial charge in [-0.1, -0.05) is 0 Å². The summed E-state index contributed by atoms with van der Waals surface area (Å²) in [6.45, 7) is 0. The molecule has 11 nitrogen and oxygen atoms in total. The normalized spacial score (nSPS) is 14.4. The summed E-state index contributed by atoms with van der Waals surface area (Å²) in [5, 5.41) is 17.3. The number of carboxylic acids is 2. The maximum Gasteiger partial charge on any atom is 0.339 e. The van der Waals surface area contributed by atoms with Crippen LogP contribution in [0, 0.1) is 0 Å². The molecule has 0 unspecified atom stereocenters. The van der Waals surface area contributed by atoms with Crippen LogP contribution in [0.5, 0.6) is 0 Å². The molecule has 0 fully saturated rings. The van der Waals surface area contributed by atoms with Gasteiger partial charge in [-0.3, -0.25) is 23.6 Å². The smallest absolute Gasteiger partial charge is 0.339 e. The van der Waals surface area contributed by atoms with E-state index >= 15 is 0 Å². The zero-order valence-electron chi connectivity index (χ0n) is 9.36. The Kier molecular flexibility index (Phi) is 6.30. The standard InChI is InChI=1S/C6H13NO10P2/c8-5(9)1-4(6(10)11)7(2-18(12,13)14)3-19(15,16)17/h4H,1-3H2,(H,8,9)(H,10,11)(H2,12,13,14)(H2,15,16,17)/t4-/m0/s1. The molecule has 0 saturated heterocycles. The second-order valence-electron chi connectivity index (χ2n) is 3.65. The second-order valence-corrected chi connectivity index (χ2v) is 6.88.